The summed E-state index contributed by atoms with van der Waals surface area (Å²) in [5.41, 5.74) is 3.34. The fourth-order valence-electron chi connectivity index (χ4n) is 2.43. The molecule has 1 amide bonds. The third-order valence-electron chi connectivity index (χ3n) is 3.40. The lowest BCUT2D eigenvalue weighted by Crippen LogP contribution is -2.16. The zero-order chi connectivity index (χ0) is 15.7. The summed E-state index contributed by atoms with van der Waals surface area (Å²) >= 11 is 0. The molecule has 0 unspecified atom stereocenters. The molecule has 0 aliphatic carbocycles. The summed E-state index contributed by atoms with van der Waals surface area (Å²) in [5, 5.41) is 11.5. The average Bonchev–Trinajstić information content (AvgIpc) is 2.98. The Bertz CT molecular complexity index is 832. The largest absolute Gasteiger partial charge is 0.323 e. The van der Waals surface area contributed by atoms with Crippen molar-refractivity contribution in [1.29, 1.82) is 0 Å². The first-order chi connectivity index (χ1) is 10.5. The highest BCUT2D eigenvalue weighted by Crippen LogP contribution is 2.15. The van der Waals surface area contributed by atoms with E-state index in [-0.39, 0.29) is 5.91 Å². The van der Waals surface area contributed by atoms with E-state index in [2.05, 4.69) is 20.5 Å². The van der Waals surface area contributed by atoms with Crippen molar-refractivity contribution in [3.63, 3.8) is 0 Å². The lowest BCUT2D eigenvalue weighted by molar-refractivity contribution is -0.116. The Kier molecular flexibility index (Phi) is 3.62. The van der Waals surface area contributed by atoms with E-state index in [1.54, 1.807) is 10.7 Å². The molecule has 0 radical (unpaired) electrons. The van der Waals surface area contributed by atoms with Gasteiger partial charge in [-0.15, -0.1) is 0 Å². The molecule has 0 aliphatic heterocycles. The van der Waals surface area contributed by atoms with E-state index in [1.165, 1.54) is 0 Å². The summed E-state index contributed by atoms with van der Waals surface area (Å²) in [6.45, 7) is 6.30. The smallest absolute Gasteiger partial charge is 0.226 e. The van der Waals surface area contributed by atoms with Gasteiger partial charge >= 0.3 is 0 Å². The van der Waals surface area contributed by atoms with Crippen LogP contribution in [0, 0.1) is 20.8 Å². The zero-order valence-corrected chi connectivity index (χ0v) is 12.9. The van der Waals surface area contributed by atoms with Crippen LogP contribution in [0.25, 0.3) is 5.65 Å². The normalized spacial score (nSPS) is 11.0. The Morgan fingerprint density at radius 2 is 2.09 bits per heavy atom. The predicted molar refractivity (Wildman–Crippen MR) is 82.7 cm³/mol. The number of hydrogen-bond donors (Lipinski definition) is 1. The second-order valence-electron chi connectivity index (χ2n) is 5.30. The van der Waals surface area contributed by atoms with Gasteiger partial charge in [0, 0.05) is 24.9 Å². The molecule has 3 aromatic heterocycles. The van der Waals surface area contributed by atoms with Crippen molar-refractivity contribution in [2.75, 3.05) is 5.32 Å². The molecular weight excluding hydrogens is 280 g/mol. The van der Waals surface area contributed by atoms with Crippen LogP contribution in [-0.4, -0.2) is 30.3 Å². The molecule has 0 aliphatic rings. The van der Waals surface area contributed by atoms with Crippen LogP contribution in [0.1, 0.15) is 23.6 Å². The minimum atomic E-state index is -0.0682. The lowest BCUT2D eigenvalue weighted by atomic mass is 10.3. The second-order valence-corrected chi connectivity index (χ2v) is 5.30. The maximum absolute atomic E-state index is 12.1. The van der Waals surface area contributed by atoms with E-state index < -0.39 is 0 Å². The first kappa shape index (κ1) is 14.2. The first-order valence-electron chi connectivity index (χ1n) is 7.16. The monoisotopic (exact) mass is 298 g/mol. The van der Waals surface area contributed by atoms with Gasteiger partial charge in [-0.05, 0) is 39.0 Å². The van der Waals surface area contributed by atoms with Crippen LogP contribution in [0.2, 0.25) is 0 Å². The van der Waals surface area contributed by atoms with Gasteiger partial charge < -0.3 is 5.32 Å². The van der Waals surface area contributed by atoms with Gasteiger partial charge in [-0.25, -0.2) is 9.50 Å². The lowest BCUT2D eigenvalue weighted by Gasteiger charge is -2.07. The zero-order valence-electron chi connectivity index (χ0n) is 12.9. The number of nitrogens with one attached hydrogen (secondary N) is 1. The maximum Gasteiger partial charge on any atom is 0.226 e. The predicted octanol–water partition coefficient (Wildman–Crippen LogP) is 1.88. The fourth-order valence-corrected chi connectivity index (χ4v) is 2.43. The summed E-state index contributed by atoms with van der Waals surface area (Å²) in [7, 11) is 0. The summed E-state index contributed by atoms with van der Waals surface area (Å²) < 4.78 is 3.50. The van der Waals surface area contributed by atoms with Crippen molar-refractivity contribution in [3.05, 3.63) is 41.6 Å². The van der Waals surface area contributed by atoms with Crippen molar-refractivity contribution >= 4 is 17.2 Å². The van der Waals surface area contributed by atoms with Gasteiger partial charge in [-0.3, -0.25) is 9.48 Å². The number of aromatic nitrogens is 5. The number of pyridine rings is 1. The standard InChI is InChI=1S/C15H18N6O/c1-10-9-11(2)20(18-10)8-6-14(22)17-13-5-4-7-21-15(13)16-12(3)19-21/h4-5,7,9H,6,8H2,1-3H3,(H,17,22). The molecule has 0 saturated carbocycles. The number of aryl methyl sites for hydroxylation is 4. The molecule has 3 aromatic rings. The highest BCUT2D eigenvalue weighted by Gasteiger charge is 2.10. The number of carbonyl (C=O) groups excluding carboxylic acids is 1. The topological polar surface area (TPSA) is 77.1 Å². The molecule has 0 fully saturated rings. The molecule has 0 saturated heterocycles. The average molecular weight is 298 g/mol. The minimum Gasteiger partial charge on any atom is -0.323 e. The summed E-state index contributed by atoms with van der Waals surface area (Å²) in [5.74, 6) is 0.602. The number of fused-ring (bicyclic) bond motifs is 1. The molecule has 0 aromatic carbocycles. The van der Waals surface area contributed by atoms with Crippen molar-refractivity contribution in [2.24, 2.45) is 0 Å². The third-order valence-corrected chi connectivity index (χ3v) is 3.40. The Morgan fingerprint density at radius 3 is 2.82 bits per heavy atom. The van der Waals surface area contributed by atoms with E-state index in [0.29, 0.717) is 30.1 Å². The summed E-state index contributed by atoms with van der Waals surface area (Å²) in [6.07, 6.45) is 2.16. The minimum absolute atomic E-state index is 0.0682. The molecule has 3 heterocycles. The number of hydrogen-bond acceptors (Lipinski definition) is 4. The molecular formula is C15H18N6O. The van der Waals surface area contributed by atoms with Crippen molar-refractivity contribution < 1.29 is 4.79 Å². The first-order valence-corrected chi connectivity index (χ1v) is 7.16. The number of anilines is 1. The summed E-state index contributed by atoms with van der Waals surface area (Å²) in [6, 6.07) is 5.65. The Balaban J connectivity index is 1.69. The van der Waals surface area contributed by atoms with E-state index >= 15 is 0 Å². The van der Waals surface area contributed by atoms with Crippen molar-refractivity contribution in [2.45, 2.75) is 33.7 Å². The van der Waals surface area contributed by atoms with Gasteiger partial charge in [-0.2, -0.15) is 10.2 Å². The molecule has 7 nitrogen and oxygen atoms in total. The number of rotatable bonds is 4. The van der Waals surface area contributed by atoms with E-state index in [1.807, 2.05) is 43.7 Å². The molecule has 114 valence electrons. The van der Waals surface area contributed by atoms with E-state index in [0.717, 1.165) is 11.4 Å². The second kappa shape index (κ2) is 5.59. The van der Waals surface area contributed by atoms with E-state index in [9.17, 15) is 4.79 Å². The van der Waals surface area contributed by atoms with Gasteiger partial charge in [0.2, 0.25) is 5.91 Å². The molecule has 22 heavy (non-hydrogen) atoms. The van der Waals surface area contributed by atoms with Gasteiger partial charge in [-0.1, -0.05) is 0 Å². The van der Waals surface area contributed by atoms with Crippen LogP contribution < -0.4 is 5.32 Å². The fraction of sp³-hybridized carbons (Fsp3) is 0.333. The van der Waals surface area contributed by atoms with Gasteiger partial charge in [0.1, 0.15) is 5.82 Å². The number of carbonyl (C=O) groups is 1. The maximum atomic E-state index is 12.1. The van der Waals surface area contributed by atoms with Crippen LogP contribution in [0.15, 0.2) is 24.4 Å². The Hall–Kier alpha value is -2.70. The van der Waals surface area contributed by atoms with Crippen molar-refractivity contribution in [3.8, 4) is 0 Å². The Labute approximate surface area is 128 Å². The molecule has 0 atom stereocenters. The highest BCUT2D eigenvalue weighted by atomic mass is 16.1. The third kappa shape index (κ3) is 2.83. The van der Waals surface area contributed by atoms with Gasteiger partial charge in [0.15, 0.2) is 5.65 Å². The van der Waals surface area contributed by atoms with E-state index in [4.69, 9.17) is 0 Å². The molecule has 0 bridgehead atoms. The van der Waals surface area contributed by atoms with Crippen LogP contribution in [-0.2, 0) is 11.3 Å². The molecule has 3 rings (SSSR count). The highest BCUT2D eigenvalue weighted by molar-refractivity contribution is 5.94. The number of nitrogens with zero attached hydrogens (tertiary/aromatic N) is 5. The van der Waals surface area contributed by atoms with Crippen molar-refractivity contribution in [1.82, 2.24) is 24.4 Å². The van der Waals surface area contributed by atoms with Gasteiger partial charge in [0.05, 0.1) is 11.4 Å². The molecule has 7 heteroatoms. The van der Waals surface area contributed by atoms with Gasteiger partial charge in [0.25, 0.3) is 0 Å². The quantitative estimate of drug-likeness (QED) is 0.798. The van der Waals surface area contributed by atoms with Crippen LogP contribution >= 0.6 is 0 Å². The van der Waals surface area contributed by atoms with Crippen LogP contribution in [0.3, 0.4) is 0 Å². The molecule has 0 spiro atoms. The summed E-state index contributed by atoms with van der Waals surface area (Å²) in [4.78, 5) is 16.5. The van der Waals surface area contributed by atoms with Crippen LogP contribution in [0.5, 0.6) is 0 Å². The van der Waals surface area contributed by atoms with Crippen LogP contribution in [0.4, 0.5) is 5.69 Å². The number of amides is 1. The Morgan fingerprint density at radius 1 is 1.27 bits per heavy atom. The molecule has 1 N–H and O–H groups in total. The SMILES string of the molecule is Cc1cc(C)n(CCC(=O)Nc2cccn3nc(C)nc23)n1.